The molecule has 1 atom stereocenters. The van der Waals surface area contributed by atoms with Crippen molar-refractivity contribution in [3.05, 3.63) is 57.0 Å². The third kappa shape index (κ3) is 2.86. The minimum Gasteiger partial charge on any atom is -0.323 e. The van der Waals surface area contributed by atoms with Crippen molar-refractivity contribution < 1.29 is 4.39 Å². The maximum atomic E-state index is 13.6. The highest BCUT2D eigenvalue weighted by Gasteiger charge is 2.18. The van der Waals surface area contributed by atoms with Crippen molar-refractivity contribution >= 4 is 23.1 Å². The lowest BCUT2D eigenvalue weighted by Gasteiger charge is -2.10. The van der Waals surface area contributed by atoms with Gasteiger partial charge >= 0.3 is 0 Å². The van der Waals surface area contributed by atoms with Crippen LogP contribution in [0.15, 0.2) is 30.3 Å². The van der Waals surface area contributed by atoms with Gasteiger partial charge in [-0.15, -0.1) is 11.3 Å². The molecule has 1 unspecified atom stereocenters. The molecule has 0 spiro atoms. The summed E-state index contributed by atoms with van der Waals surface area (Å²) in [6.07, 6.45) is 1.72. The first-order valence-corrected chi connectivity index (χ1v) is 8.39. The SMILES string of the molecule is NC(Cc1ccccc1F)c1cc2c(s1)CCSC2. The lowest BCUT2D eigenvalue weighted by molar-refractivity contribution is 0.595. The fourth-order valence-electron chi connectivity index (χ4n) is 2.35. The molecule has 0 saturated heterocycles. The number of hydrogen-bond donors (Lipinski definition) is 1. The molecule has 1 aliphatic rings. The Morgan fingerprint density at radius 3 is 2.95 bits per heavy atom. The predicted octanol–water partition coefficient (Wildman–Crippen LogP) is 3.92. The zero-order valence-corrected chi connectivity index (χ0v) is 12.2. The lowest BCUT2D eigenvalue weighted by atomic mass is 10.0. The van der Waals surface area contributed by atoms with Crippen molar-refractivity contribution in [1.82, 2.24) is 0 Å². The van der Waals surface area contributed by atoms with Gasteiger partial charge in [-0.3, -0.25) is 0 Å². The van der Waals surface area contributed by atoms with Gasteiger partial charge in [-0.25, -0.2) is 4.39 Å². The molecule has 4 heteroatoms. The number of rotatable bonds is 3. The van der Waals surface area contributed by atoms with Crippen LogP contribution in [0.3, 0.4) is 0 Å². The first-order chi connectivity index (χ1) is 9.24. The number of benzene rings is 1. The normalized spacial score (nSPS) is 16.1. The van der Waals surface area contributed by atoms with Gasteiger partial charge in [0.05, 0.1) is 0 Å². The summed E-state index contributed by atoms with van der Waals surface area (Å²) < 4.78 is 13.6. The summed E-state index contributed by atoms with van der Waals surface area (Å²) in [5.74, 6) is 2.14. The summed E-state index contributed by atoms with van der Waals surface area (Å²) in [5.41, 5.74) is 8.38. The molecule has 0 fully saturated rings. The van der Waals surface area contributed by atoms with Gasteiger partial charge in [-0.05, 0) is 41.9 Å². The Hall–Kier alpha value is -0.840. The van der Waals surface area contributed by atoms with Gasteiger partial charge < -0.3 is 5.73 Å². The van der Waals surface area contributed by atoms with Gasteiger partial charge in [-0.2, -0.15) is 11.8 Å². The van der Waals surface area contributed by atoms with Gasteiger partial charge in [0, 0.05) is 21.5 Å². The van der Waals surface area contributed by atoms with Crippen LogP contribution in [0.4, 0.5) is 4.39 Å². The molecule has 0 saturated carbocycles. The van der Waals surface area contributed by atoms with E-state index < -0.39 is 0 Å². The van der Waals surface area contributed by atoms with E-state index in [2.05, 4.69) is 6.07 Å². The fourth-order valence-corrected chi connectivity index (χ4v) is 4.73. The van der Waals surface area contributed by atoms with Crippen molar-refractivity contribution in [3.8, 4) is 0 Å². The Balaban J connectivity index is 1.79. The van der Waals surface area contributed by atoms with Crippen LogP contribution in [0.25, 0.3) is 0 Å². The second-order valence-corrected chi connectivity index (χ2v) is 7.08. The quantitative estimate of drug-likeness (QED) is 0.928. The van der Waals surface area contributed by atoms with E-state index in [0.29, 0.717) is 12.0 Å². The smallest absolute Gasteiger partial charge is 0.126 e. The zero-order chi connectivity index (χ0) is 13.2. The predicted molar refractivity (Wildman–Crippen MR) is 81.2 cm³/mol. The van der Waals surface area contributed by atoms with E-state index in [9.17, 15) is 4.39 Å². The van der Waals surface area contributed by atoms with E-state index in [1.54, 1.807) is 6.07 Å². The Labute approximate surface area is 121 Å². The Kier molecular flexibility index (Phi) is 3.91. The van der Waals surface area contributed by atoms with Crippen LogP contribution < -0.4 is 5.73 Å². The minimum absolute atomic E-state index is 0.0995. The molecule has 0 aliphatic carbocycles. The number of nitrogens with two attached hydrogens (primary N) is 1. The molecular weight excluding hydrogens is 277 g/mol. The van der Waals surface area contributed by atoms with E-state index in [1.807, 2.05) is 35.2 Å². The van der Waals surface area contributed by atoms with Crippen molar-refractivity contribution in [2.75, 3.05) is 5.75 Å². The summed E-state index contributed by atoms with van der Waals surface area (Å²) in [6, 6.07) is 9.01. The van der Waals surface area contributed by atoms with E-state index in [4.69, 9.17) is 5.73 Å². The first-order valence-electron chi connectivity index (χ1n) is 6.42. The lowest BCUT2D eigenvalue weighted by Crippen LogP contribution is -2.12. The summed E-state index contributed by atoms with van der Waals surface area (Å²) in [5, 5.41) is 0. The molecular formula is C15H16FNS2. The Morgan fingerprint density at radius 2 is 2.16 bits per heavy atom. The number of thioether (sulfide) groups is 1. The van der Waals surface area contributed by atoms with Crippen LogP contribution in [-0.2, 0) is 18.6 Å². The summed E-state index contributed by atoms with van der Waals surface area (Å²) in [7, 11) is 0. The molecule has 19 heavy (non-hydrogen) atoms. The molecule has 1 nitrogen and oxygen atoms in total. The second-order valence-electron chi connectivity index (χ2n) is 4.80. The monoisotopic (exact) mass is 293 g/mol. The van der Waals surface area contributed by atoms with Gasteiger partial charge in [-0.1, -0.05) is 18.2 Å². The first kappa shape index (κ1) is 13.2. The van der Waals surface area contributed by atoms with Crippen molar-refractivity contribution in [2.45, 2.75) is 24.6 Å². The number of fused-ring (bicyclic) bond motifs is 1. The van der Waals surface area contributed by atoms with E-state index in [0.717, 1.165) is 12.2 Å². The number of aryl methyl sites for hydroxylation is 1. The zero-order valence-electron chi connectivity index (χ0n) is 10.6. The third-order valence-corrected chi connectivity index (χ3v) is 5.79. The number of halogens is 1. The van der Waals surface area contributed by atoms with Crippen LogP contribution in [-0.4, -0.2) is 5.75 Å². The maximum Gasteiger partial charge on any atom is 0.126 e. The molecule has 1 aliphatic heterocycles. The standard InChI is InChI=1S/C15H16FNS2/c16-12-4-2-1-3-10(12)7-13(17)15-8-11-9-18-6-5-14(11)19-15/h1-4,8,13H,5-7,9,17H2. The second kappa shape index (κ2) is 5.65. The van der Waals surface area contributed by atoms with Gasteiger partial charge in [0.25, 0.3) is 0 Å². The van der Waals surface area contributed by atoms with Gasteiger partial charge in [0.15, 0.2) is 0 Å². The van der Waals surface area contributed by atoms with E-state index in [1.165, 1.54) is 27.1 Å². The molecule has 3 rings (SSSR count). The number of thiophene rings is 1. The fraction of sp³-hybridized carbons (Fsp3) is 0.333. The molecule has 1 aromatic carbocycles. The van der Waals surface area contributed by atoms with Gasteiger partial charge in [0.1, 0.15) is 5.82 Å². The van der Waals surface area contributed by atoms with Crippen molar-refractivity contribution in [3.63, 3.8) is 0 Å². The molecule has 2 aromatic rings. The molecule has 1 aromatic heterocycles. The van der Waals surface area contributed by atoms with E-state index in [-0.39, 0.29) is 11.9 Å². The summed E-state index contributed by atoms with van der Waals surface area (Å²) in [6.45, 7) is 0. The molecule has 100 valence electrons. The number of hydrogen-bond acceptors (Lipinski definition) is 3. The van der Waals surface area contributed by atoms with Crippen LogP contribution in [0, 0.1) is 5.82 Å². The molecule has 2 heterocycles. The molecule has 0 amide bonds. The highest BCUT2D eigenvalue weighted by molar-refractivity contribution is 7.98. The largest absolute Gasteiger partial charge is 0.323 e. The average Bonchev–Trinajstić information content (AvgIpc) is 2.85. The minimum atomic E-state index is -0.158. The maximum absolute atomic E-state index is 13.6. The van der Waals surface area contributed by atoms with Gasteiger partial charge in [0.2, 0.25) is 0 Å². The Morgan fingerprint density at radius 1 is 1.32 bits per heavy atom. The summed E-state index contributed by atoms with van der Waals surface area (Å²) in [4.78, 5) is 2.66. The van der Waals surface area contributed by atoms with Crippen molar-refractivity contribution in [1.29, 1.82) is 0 Å². The molecule has 2 N–H and O–H groups in total. The molecule has 0 radical (unpaired) electrons. The molecule has 0 bridgehead atoms. The van der Waals surface area contributed by atoms with Crippen LogP contribution in [0.1, 0.15) is 26.9 Å². The van der Waals surface area contributed by atoms with Crippen LogP contribution in [0.2, 0.25) is 0 Å². The third-order valence-electron chi connectivity index (χ3n) is 3.41. The Bertz CT molecular complexity index is 556. The average molecular weight is 293 g/mol. The topological polar surface area (TPSA) is 26.0 Å². The summed E-state index contributed by atoms with van der Waals surface area (Å²) >= 11 is 3.78. The highest BCUT2D eigenvalue weighted by atomic mass is 32.2. The van der Waals surface area contributed by atoms with Crippen molar-refractivity contribution in [2.24, 2.45) is 5.73 Å². The highest BCUT2D eigenvalue weighted by Crippen LogP contribution is 2.34. The van der Waals surface area contributed by atoms with Crippen LogP contribution >= 0.6 is 23.1 Å². The van der Waals surface area contributed by atoms with E-state index >= 15 is 0 Å². The van der Waals surface area contributed by atoms with Crippen LogP contribution in [0.5, 0.6) is 0 Å².